The maximum absolute atomic E-state index is 8.76. The van der Waals surface area contributed by atoms with Crippen LogP contribution in [0.1, 0.15) is 57.6 Å². The Kier molecular flexibility index (Phi) is 6.76. The molecule has 26 heavy (non-hydrogen) atoms. The number of nitriles is 1. The molecular formula is C21H25ClN4. The lowest BCUT2D eigenvalue weighted by atomic mass is 9.88. The van der Waals surface area contributed by atoms with Gasteiger partial charge in [-0.25, -0.2) is 9.97 Å². The van der Waals surface area contributed by atoms with Crippen LogP contribution in [0.3, 0.4) is 0 Å². The standard InChI is InChI=1S/C14H9ClN4.C7H16/c15-11-3-1-9(2-4-11)5-12-6-10-8-17-13(7-16)19-14(10)18-12;1-5-7(3,4)6-2/h1-4,6,8H,5H2,(H,17,18,19);5-6H2,1-4H3. The number of hydrogen-bond acceptors (Lipinski definition) is 3. The molecule has 4 nitrogen and oxygen atoms in total. The average molecular weight is 369 g/mol. The first-order chi connectivity index (χ1) is 12.4. The first kappa shape index (κ1) is 19.9. The maximum atomic E-state index is 8.76. The first-order valence-corrected chi connectivity index (χ1v) is 9.24. The Labute approximate surface area is 160 Å². The fourth-order valence-corrected chi connectivity index (χ4v) is 2.32. The molecule has 0 saturated carbocycles. The molecule has 5 heteroatoms. The van der Waals surface area contributed by atoms with Gasteiger partial charge in [0.1, 0.15) is 11.7 Å². The highest BCUT2D eigenvalue weighted by Gasteiger charge is 2.09. The van der Waals surface area contributed by atoms with Gasteiger partial charge in [0, 0.05) is 28.7 Å². The lowest BCUT2D eigenvalue weighted by molar-refractivity contribution is 0.338. The van der Waals surface area contributed by atoms with Gasteiger partial charge in [0.15, 0.2) is 0 Å². The summed E-state index contributed by atoms with van der Waals surface area (Å²) in [5.41, 5.74) is 3.46. The third-order valence-electron chi connectivity index (χ3n) is 4.75. The number of nitrogens with zero attached hydrogens (tertiary/aromatic N) is 3. The number of rotatable bonds is 4. The second kappa shape index (κ2) is 8.82. The highest BCUT2D eigenvalue weighted by atomic mass is 35.5. The molecule has 2 aromatic heterocycles. The number of halogens is 1. The van der Waals surface area contributed by atoms with Gasteiger partial charge in [-0.1, -0.05) is 64.3 Å². The molecule has 0 atom stereocenters. The maximum Gasteiger partial charge on any atom is 0.234 e. The SMILES string of the molecule is CCC(C)(C)CC.N#Cc1ncc2cc(Cc3ccc(Cl)cc3)[nH]c2n1. The molecular weight excluding hydrogens is 344 g/mol. The number of H-pyrrole nitrogens is 1. The van der Waals surface area contributed by atoms with Gasteiger partial charge in [0.2, 0.25) is 5.82 Å². The summed E-state index contributed by atoms with van der Waals surface area (Å²) in [4.78, 5) is 11.3. The van der Waals surface area contributed by atoms with Crippen LogP contribution in [0, 0.1) is 16.7 Å². The number of nitrogens with one attached hydrogen (secondary N) is 1. The first-order valence-electron chi connectivity index (χ1n) is 8.86. The van der Waals surface area contributed by atoms with Crippen LogP contribution in [-0.4, -0.2) is 15.0 Å². The lowest BCUT2D eigenvalue weighted by Crippen LogP contribution is -2.05. The summed E-state index contributed by atoms with van der Waals surface area (Å²) in [6.07, 6.45) is 5.01. The highest BCUT2D eigenvalue weighted by molar-refractivity contribution is 6.30. The highest BCUT2D eigenvalue weighted by Crippen LogP contribution is 2.22. The van der Waals surface area contributed by atoms with E-state index in [0.29, 0.717) is 11.1 Å². The summed E-state index contributed by atoms with van der Waals surface area (Å²) in [7, 11) is 0. The van der Waals surface area contributed by atoms with E-state index in [-0.39, 0.29) is 5.82 Å². The Morgan fingerprint density at radius 1 is 1.15 bits per heavy atom. The topological polar surface area (TPSA) is 65.4 Å². The monoisotopic (exact) mass is 368 g/mol. The van der Waals surface area contributed by atoms with Crippen molar-refractivity contribution >= 4 is 22.6 Å². The summed E-state index contributed by atoms with van der Waals surface area (Å²) in [6.45, 7) is 9.08. The largest absolute Gasteiger partial charge is 0.343 e. The average Bonchev–Trinajstić information content (AvgIpc) is 3.05. The summed E-state index contributed by atoms with van der Waals surface area (Å²) >= 11 is 5.86. The van der Waals surface area contributed by atoms with Crippen molar-refractivity contribution in [2.45, 2.75) is 47.0 Å². The Balaban J connectivity index is 0.000000298. The van der Waals surface area contributed by atoms with Gasteiger partial charge in [-0.2, -0.15) is 5.26 Å². The summed E-state index contributed by atoms with van der Waals surface area (Å²) in [5, 5.41) is 10.4. The van der Waals surface area contributed by atoms with E-state index >= 15 is 0 Å². The van der Waals surface area contributed by atoms with Crippen molar-refractivity contribution in [2.75, 3.05) is 0 Å². The molecule has 2 heterocycles. The molecule has 3 aromatic rings. The summed E-state index contributed by atoms with van der Waals surface area (Å²) in [5.74, 6) is 0.174. The number of aromatic nitrogens is 3. The molecule has 0 amide bonds. The molecule has 136 valence electrons. The van der Waals surface area contributed by atoms with Crippen molar-refractivity contribution in [3.05, 3.63) is 58.6 Å². The van der Waals surface area contributed by atoms with Crippen LogP contribution < -0.4 is 0 Å². The van der Waals surface area contributed by atoms with E-state index < -0.39 is 0 Å². The molecule has 0 unspecified atom stereocenters. The second-order valence-electron chi connectivity index (χ2n) is 7.08. The van der Waals surface area contributed by atoms with Crippen LogP contribution in [0.2, 0.25) is 5.02 Å². The van der Waals surface area contributed by atoms with Gasteiger partial charge in [-0.15, -0.1) is 0 Å². The Bertz CT molecular complexity index is 883. The normalized spacial score (nSPS) is 10.9. The van der Waals surface area contributed by atoms with E-state index in [9.17, 15) is 0 Å². The molecule has 1 aromatic carbocycles. The Morgan fingerprint density at radius 2 is 1.81 bits per heavy atom. The zero-order valence-corrected chi connectivity index (χ0v) is 16.6. The van der Waals surface area contributed by atoms with Crippen molar-refractivity contribution in [2.24, 2.45) is 5.41 Å². The molecule has 0 spiro atoms. The van der Waals surface area contributed by atoms with Gasteiger partial charge in [-0.05, 0) is 29.2 Å². The van der Waals surface area contributed by atoms with Crippen molar-refractivity contribution in [3.63, 3.8) is 0 Å². The third kappa shape index (κ3) is 5.57. The van der Waals surface area contributed by atoms with Gasteiger partial charge in [-0.3, -0.25) is 0 Å². The van der Waals surface area contributed by atoms with Crippen molar-refractivity contribution < 1.29 is 0 Å². The smallest absolute Gasteiger partial charge is 0.234 e. The van der Waals surface area contributed by atoms with Gasteiger partial charge >= 0.3 is 0 Å². The van der Waals surface area contributed by atoms with E-state index in [1.165, 1.54) is 12.8 Å². The number of aromatic amines is 1. The summed E-state index contributed by atoms with van der Waals surface area (Å²) < 4.78 is 0. The minimum atomic E-state index is 0.174. The van der Waals surface area contributed by atoms with E-state index in [1.54, 1.807) is 6.20 Å². The van der Waals surface area contributed by atoms with Crippen LogP contribution in [0.25, 0.3) is 11.0 Å². The third-order valence-corrected chi connectivity index (χ3v) is 5.00. The fraction of sp³-hybridized carbons (Fsp3) is 0.381. The molecule has 0 aliphatic rings. The molecule has 0 radical (unpaired) electrons. The molecule has 0 aliphatic heterocycles. The van der Waals surface area contributed by atoms with Crippen LogP contribution in [0.5, 0.6) is 0 Å². The lowest BCUT2D eigenvalue weighted by Gasteiger charge is -2.18. The molecule has 0 bridgehead atoms. The van der Waals surface area contributed by atoms with Crippen LogP contribution in [0.4, 0.5) is 0 Å². The van der Waals surface area contributed by atoms with E-state index in [1.807, 2.05) is 36.4 Å². The predicted molar refractivity (Wildman–Crippen MR) is 107 cm³/mol. The quantitative estimate of drug-likeness (QED) is 0.622. The van der Waals surface area contributed by atoms with Crippen LogP contribution >= 0.6 is 11.6 Å². The van der Waals surface area contributed by atoms with Crippen LogP contribution in [0.15, 0.2) is 36.5 Å². The number of benzene rings is 1. The Hall–Kier alpha value is -2.38. The molecule has 1 N–H and O–H groups in total. The minimum Gasteiger partial charge on any atom is -0.343 e. The van der Waals surface area contributed by atoms with Crippen molar-refractivity contribution in [1.82, 2.24) is 15.0 Å². The number of hydrogen-bond donors (Lipinski definition) is 1. The van der Waals surface area contributed by atoms with Crippen molar-refractivity contribution in [1.29, 1.82) is 5.26 Å². The van der Waals surface area contributed by atoms with E-state index in [4.69, 9.17) is 16.9 Å². The molecule has 0 aliphatic carbocycles. The second-order valence-corrected chi connectivity index (χ2v) is 7.51. The van der Waals surface area contributed by atoms with E-state index in [2.05, 4.69) is 42.6 Å². The predicted octanol–water partition coefficient (Wildman–Crippen LogP) is 5.91. The molecule has 3 rings (SSSR count). The molecule has 0 fully saturated rings. The van der Waals surface area contributed by atoms with Crippen molar-refractivity contribution in [3.8, 4) is 6.07 Å². The minimum absolute atomic E-state index is 0.174. The summed E-state index contributed by atoms with van der Waals surface area (Å²) in [6, 6.07) is 11.6. The van der Waals surface area contributed by atoms with E-state index in [0.717, 1.165) is 28.1 Å². The van der Waals surface area contributed by atoms with Crippen LogP contribution in [-0.2, 0) is 6.42 Å². The van der Waals surface area contributed by atoms with Gasteiger partial charge in [0.25, 0.3) is 0 Å². The zero-order valence-electron chi connectivity index (χ0n) is 15.8. The Morgan fingerprint density at radius 3 is 2.35 bits per heavy atom. The fourth-order valence-electron chi connectivity index (χ4n) is 2.19. The van der Waals surface area contributed by atoms with Gasteiger partial charge < -0.3 is 4.98 Å². The number of fused-ring (bicyclic) bond motifs is 1. The zero-order chi connectivity index (χ0) is 19.2. The molecule has 0 saturated heterocycles. The van der Waals surface area contributed by atoms with Gasteiger partial charge in [0.05, 0.1) is 0 Å².